The molecular formula is C18H27N5O2. The van der Waals surface area contributed by atoms with Crippen molar-refractivity contribution in [2.75, 3.05) is 31.5 Å². The average molecular weight is 345 g/mol. The second kappa shape index (κ2) is 7.07. The first-order chi connectivity index (χ1) is 11.9. The van der Waals surface area contributed by atoms with Crippen LogP contribution in [0.5, 0.6) is 0 Å². The van der Waals surface area contributed by atoms with Gasteiger partial charge < -0.3 is 15.5 Å². The maximum absolute atomic E-state index is 13.0. The van der Waals surface area contributed by atoms with Gasteiger partial charge in [-0.3, -0.25) is 9.59 Å². The second-order valence-electron chi connectivity index (χ2n) is 8.01. The van der Waals surface area contributed by atoms with Gasteiger partial charge in [-0.25, -0.2) is 9.97 Å². The Bertz CT molecular complexity index is 641. The van der Waals surface area contributed by atoms with Crippen molar-refractivity contribution in [2.45, 2.75) is 33.6 Å². The highest BCUT2D eigenvalue weighted by Gasteiger charge is 2.33. The Kier molecular flexibility index (Phi) is 5.03. The van der Waals surface area contributed by atoms with E-state index >= 15 is 0 Å². The lowest BCUT2D eigenvalue weighted by Gasteiger charge is -2.22. The Labute approximate surface area is 148 Å². The minimum atomic E-state index is -0.565. The number of carbonyl (C=O) groups excluding carboxylic acids is 2. The highest BCUT2D eigenvalue weighted by molar-refractivity contribution is 6.02. The predicted octanol–water partition coefficient (Wildman–Crippen LogP) is 1.53. The molecule has 2 aliphatic heterocycles. The number of nitrogens with zero attached hydrogens (tertiary/aromatic N) is 3. The van der Waals surface area contributed by atoms with Crippen LogP contribution in [0.3, 0.4) is 0 Å². The molecule has 2 amide bonds. The number of carbonyl (C=O) groups is 2. The molecule has 2 fully saturated rings. The lowest BCUT2D eigenvalue weighted by molar-refractivity contribution is -0.123. The molecule has 0 aliphatic carbocycles. The lowest BCUT2D eigenvalue weighted by atomic mass is 9.92. The van der Waals surface area contributed by atoms with Gasteiger partial charge in [-0.2, -0.15) is 0 Å². The van der Waals surface area contributed by atoms with Crippen molar-refractivity contribution in [3.8, 4) is 0 Å². The van der Waals surface area contributed by atoms with Crippen molar-refractivity contribution < 1.29 is 9.59 Å². The van der Waals surface area contributed by atoms with Gasteiger partial charge in [-0.15, -0.1) is 0 Å². The van der Waals surface area contributed by atoms with Crippen molar-refractivity contribution in [3.05, 3.63) is 18.1 Å². The van der Waals surface area contributed by atoms with E-state index in [2.05, 4.69) is 20.6 Å². The summed E-state index contributed by atoms with van der Waals surface area (Å²) in [7, 11) is 0. The topological polar surface area (TPSA) is 87.2 Å². The largest absolute Gasteiger partial charge is 0.337 e. The maximum Gasteiger partial charge on any atom is 0.276 e. The van der Waals surface area contributed by atoms with Crippen LogP contribution in [-0.4, -0.2) is 52.9 Å². The summed E-state index contributed by atoms with van der Waals surface area (Å²) in [6.07, 6.45) is 5.00. The first-order valence-electron chi connectivity index (χ1n) is 8.98. The third-order valence-corrected chi connectivity index (χ3v) is 5.12. The number of hydrogen-bond acceptors (Lipinski definition) is 5. The SMILES string of the molecule is CC(C)(C)C(=O)Nc1nccnc1C(=O)N1CC[C@@H]2CNC[C@@H]2CC1. The summed E-state index contributed by atoms with van der Waals surface area (Å²) >= 11 is 0. The van der Waals surface area contributed by atoms with E-state index in [-0.39, 0.29) is 23.3 Å². The van der Waals surface area contributed by atoms with Gasteiger partial charge in [-0.05, 0) is 37.8 Å². The van der Waals surface area contributed by atoms with Crippen LogP contribution in [0, 0.1) is 17.3 Å². The van der Waals surface area contributed by atoms with Crippen LogP contribution in [0.1, 0.15) is 44.1 Å². The van der Waals surface area contributed by atoms with Gasteiger partial charge in [0.2, 0.25) is 5.91 Å². The molecule has 0 radical (unpaired) electrons. The van der Waals surface area contributed by atoms with Gasteiger partial charge in [0.15, 0.2) is 11.5 Å². The van der Waals surface area contributed by atoms with E-state index in [0.717, 1.165) is 39.0 Å². The highest BCUT2D eigenvalue weighted by atomic mass is 16.2. The number of aromatic nitrogens is 2. The monoisotopic (exact) mass is 345 g/mol. The molecule has 0 saturated carbocycles. The molecule has 2 N–H and O–H groups in total. The van der Waals surface area contributed by atoms with E-state index in [1.807, 2.05) is 25.7 Å². The number of rotatable bonds is 2. The van der Waals surface area contributed by atoms with Crippen LogP contribution in [0.15, 0.2) is 12.4 Å². The van der Waals surface area contributed by atoms with E-state index < -0.39 is 5.41 Å². The van der Waals surface area contributed by atoms with E-state index in [1.54, 1.807) is 0 Å². The fourth-order valence-corrected chi connectivity index (χ4v) is 3.45. The summed E-state index contributed by atoms with van der Waals surface area (Å²) in [4.78, 5) is 35.5. The third kappa shape index (κ3) is 3.98. The van der Waals surface area contributed by atoms with E-state index in [1.165, 1.54) is 12.4 Å². The summed E-state index contributed by atoms with van der Waals surface area (Å²) in [6.45, 7) is 9.01. The molecule has 3 heterocycles. The Balaban J connectivity index is 1.75. The molecule has 25 heavy (non-hydrogen) atoms. The third-order valence-electron chi connectivity index (χ3n) is 5.12. The average Bonchev–Trinajstić information content (AvgIpc) is 2.92. The van der Waals surface area contributed by atoms with Crippen LogP contribution >= 0.6 is 0 Å². The van der Waals surface area contributed by atoms with Crippen molar-refractivity contribution in [1.29, 1.82) is 0 Å². The standard InChI is InChI=1S/C18H27N5O2/c1-18(2,3)17(25)22-15-14(20-6-7-21-15)16(24)23-8-4-12-10-19-11-13(12)5-9-23/h6-7,12-13,19H,4-5,8-11H2,1-3H3,(H,21,22,25)/t12-,13+. The first-order valence-corrected chi connectivity index (χ1v) is 8.98. The smallest absolute Gasteiger partial charge is 0.276 e. The molecular weight excluding hydrogens is 318 g/mol. The van der Waals surface area contributed by atoms with Crippen molar-refractivity contribution in [1.82, 2.24) is 20.2 Å². The van der Waals surface area contributed by atoms with E-state index in [9.17, 15) is 9.59 Å². The summed E-state index contributed by atoms with van der Waals surface area (Å²) in [5.41, 5.74) is -0.337. The normalized spacial score (nSPS) is 23.7. The lowest BCUT2D eigenvalue weighted by Crippen LogP contribution is -2.35. The van der Waals surface area contributed by atoms with Crippen LogP contribution in [0.2, 0.25) is 0 Å². The Morgan fingerprint density at radius 2 is 1.72 bits per heavy atom. The molecule has 0 spiro atoms. The van der Waals surface area contributed by atoms with Gasteiger partial charge in [0.25, 0.3) is 5.91 Å². The predicted molar refractivity (Wildman–Crippen MR) is 95.1 cm³/mol. The Hall–Kier alpha value is -2.02. The number of likely N-dealkylation sites (tertiary alicyclic amines) is 1. The van der Waals surface area contributed by atoms with E-state index in [0.29, 0.717) is 11.8 Å². The number of hydrogen-bond donors (Lipinski definition) is 2. The van der Waals surface area contributed by atoms with Crippen LogP contribution in [-0.2, 0) is 4.79 Å². The molecule has 136 valence electrons. The summed E-state index contributed by atoms with van der Waals surface area (Å²) in [5.74, 6) is 1.22. The van der Waals surface area contributed by atoms with Crippen LogP contribution in [0.4, 0.5) is 5.82 Å². The van der Waals surface area contributed by atoms with Gasteiger partial charge in [0, 0.05) is 30.9 Å². The Morgan fingerprint density at radius 1 is 1.12 bits per heavy atom. The summed E-state index contributed by atoms with van der Waals surface area (Å²) < 4.78 is 0. The number of nitrogens with one attached hydrogen (secondary N) is 2. The molecule has 1 aromatic rings. The van der Waals surface area contributed by atoms with Crippen LogP contribution < -0.4 is 10.6 Å². The molecule has 7 heteroatoms. The molecule has 0 aromatic carbocycles. The van der Waals surface area contributed by atoms with Crippen LogP contribution in [0.25, 0.3) is 0 Å². The van der Waals surface area contributed by atoms with Gasteiger partial charge in [0.1, 0.15) is 0 Å². The van der Waals surface area contributed by atoms with Crippen molar-refractivity contribution >= 4 is 17.6 Å². The molecule has 0 bridgehead atoms. The number of amides is 2. The van der Waals surface area contributed by atoms with Gasteiger partial charge >= 0.3 is 0 Å². The van der Waals surface area contributed by atoms with Gasteiger partial charge in [0.05, 0.1) is 0 Å². The second-order valence-corrected chi connectivity index (χ2v) is 8.01. The zero-order valence-electron chi connectivity index (χ0n) is 15.2. The molecule has 2 saturated heterocycles. The maximum atomic E-state index is 13.0. The van der Waals surface area contributed by atoms with Crippen molar-refractivity contribution in [2.24, 2.45) is 17.3 Å². The summed E-state index contributed by atoms with van der Waals surface area (Å²) in [6, 6.07) is 0. The molecule has 3 rings (SSSR count). The quantitative estimate of drug-likeness (QED) is 0.849. The molecule has 7 nitrogen and oxygen atoms in total. The zero-order valence-corrected chi connectivity index (χ0v) is 15.2. The minimum absolute atomic E-state index is 0.148. The fraction of sp³-hybridized carbons (Fsp3) is 0.667. The first kappa shape index (κ1) is 17.8. The zero-order chi connectivity index (χ0) is 18.0. The summed E-state index contributed by atoms with van der Waals surface area (Å²) in [5, 5.41) is 6.20. The Morgan fingerprint density at radius 3 is 2.32 bits per heavy atom. The number of fused-ring (bicyclic) bond motifs is 1. The molecule has 1 aromatic heterocycles. The van der Waals surface area contributed by atoms with Gasteiger partial charge in [-0.1, -0.05) is 20.8 Å². The number of anilines is 1. The molecule has 2 aliphatic rings. The highest BCUT2D eigenvalue weighted by Crippen LogP contribution is 2.28. The molecule has 2 atom stereocenters. The minimum Gasteiger partial charge on any atom is -0.337 e. The van der Waals surface area contributed by atoms with E-state index in [4.69, 9.17) is 0 Å². The van der Waals surface area contributed by atoms with Crippen molar-refractivity contribution in [3.63, 3.8) is 0 Å². The molecule has 0 unspecified atom stereocenters. The fourth-order valence-electron chi connectivity index (χ4n) is 3.45.